The fourth-order valence-electron chi connectivity index (χ4n) is 5.86. The average molecular weight is 642 g/mol. The van der Waals surface area contributed by atoms with Crippen LogP contribution in [0.25, 0.3) is 0 Å². The van der Waals surface area contributed by atoms with Gasteiger partial charge in [-0.05, 0) is 67.3 Å². The number of urea groups is 1. The molecule has 248 valence electrons. The minimum atomic E-state index is -1.06. The lowest BCUT2D eigenvalue weighted by atomic mass is 9.93. The van der Waals surface area contributed by atoms with Gasteiger partial charge in [0.05, 0.1) is 24.1 Å². The number of carboxylic acids is 1. The topological polar surface area (TPSA) is 148 Å². The smallest absolute Gasteiger partial charge is 0.323 e. The molecule has 1 aliphatic heterocycles. The van der Waals surface area contributed by atoms with Gasteiger partial charge in [0.1, 0.15) is 6.54 Å². The molecular weight excluding hydrogens is 598 g/mol. The Morgan fingerprint density at radius 3 is 2.21 bits per heavy atom. The van der Waals surface area contributed by atoms with Crippen LogP contribution in [0.15, 0.2) is 66.7 Å². The normalized spacial score (nSPS) is 14.7. The molecule has 3 aromatic carbocycles. The number of anilines is 4. The highest BCUT2D eigenvalue weighted by Crippen LogP contribution is 2.34. The molecule has 5 rings (SSSR count). The summed E-state index contributed by atoms with van der Waals surface area (Å²) in [5.74, 6) is -2.04. The quantitative estimate of drug-likeness (QED) is 0.211. The van der Waals surface area contributed by atoms with Crippen molar-refractivity contribution in [2.75, 3.05) is 33.9 Å². The Labute approximate surface area is 275 Å². The zero-order valence-corrected chi connectivity index (χ0v) is 27.2. The summed E-state index contributed by atoms with van der Waals surface area (Å²) in [4.78, 5) is 66.6. The number of hydrogen-bond donors (Lipinski definition) is 4. The lowest BCUT2D eigenvalue weighted by Crippen LogP contribution is -2.45. The molecule has 0 radical (unpaired) electrons. The highest BCUT2D eigenvalue weighted by Gasteiger charge is 2.36. The van der Waals surface area contributed by atoms with E-state index in [1.54, 1.807) is 47.4 Å². The maximum absolute atomic E-state index is 13.6. The number of aliphatic carboxylic acids is 1. The third-order valence-corrected chi connectivity index (χ3v) is 8.16. The van der Waals surface area contributed by atoms with Gasteiger partial charge in [-0.15, -0.1) is 0 Å². The molecule has 1 aliphatic carbocycles. The molecule has 2 aliphatic rings. The molecule has 4 N–H and O–H groups in total. The van der Waals surface area contributed by atoms with E-state index in [-0.39, 0.29) is 55.4 Å². The fourth-order valence-corrected chi connectivity index (χ4v) is 5.86. The summed E-state index contributed by atoms with van der Waals surface area (Å²) < 4.78 is 0. The molecule has 1 saturated carbocycles. The number of amides is 5. The molecule has 0 bridgehead atoms. The number of carbonyl (C=O) groups is 5. The Morgan fingerprint density at radius 1 is 0.851 bits per heavy atom. The Kier molecular flexibility index (Phi) is 12.1. The summed E-state index contributed by atoms with van der Waals surface area (Å²) in [7, 11) is 0. The molecule has 3 aromatic rings. The Morgan fingerprint density at radius 2 is 1.53 bits per heavy atom. The highest BCUT2D eigenvalue weighted by atomic mass is 16.4. The van der Waals surface area contributed by atoms with E-state index in [4.69, 9.17) is 0 Å². The number of carboxylic acid groups (broad SMARTS) is 1. The molecule has 0 aromatic heterocycles. The summed E-state index contributed by atoms with van der Waals surface area (Å²) in [6.45, 7) is 5.62. The molecular formula is C36H43N5O6. The van der Waals surface area contributed by atoms with Crippen LogP contribution < -0.4 is 20.9 Å². The third-order valence-electron chi connectivity index (χ3n) is 8.16. The monoisotopic (exact) mass is 641 g/mol. The van der Waals surface area contributed by atoms with Crippen LogP contribution in [-0.2, 0) is 20.8 Å². The van der Waals surface area contributed by atoms with Crippen LogP contribution >= 0.6 is 0 Å². The number of fused-ring (bicyclic) bond motifs is 1. The van der Waals surface area contributed by atoms with E-state index in [0.717, 1.165) is 43.2 Å². The lowest BCUT2D eigenvalue weighted by Gasteiger charge is -2.34. The van der Waals surface area contributed by atoms with Crippen LogP contribution in [0.1, 0.15) is 73.9 Å². The standard InChI is InChI=1S/C34H37N5O6.C2H6/c1-22-7-5-6-10-28(22)37-34(45)36-24-13-11-23(12-14-24)19-30(40)35-25-15-16-29-27(20-25)33(44)38(18-17-32(42)43)21-31(41)39(29)26-8-3-2-4-9-26;1-2/h5-7,10-16,20,26H,2-4,8-9,17-19,21H2,1H3,(H,35,40)(H,42,43)(H2,36,37,45);1-2H3. The first-order valence-corrected chi connectivity index (χ1v) is 16.2. The number of aryl methyl sites for hydroxylation is 1. The van der Waals surface area contributed by atoms with Crippen LogP contribution in [0.3, 0.4) is 0 Å². The van der Waals surface area contributed by atoms with Gasteiger partial charge in [0, 0.05) is 29.6 Å². The van der Waals surface area contributed by atoms with E-state index in [9.17, 15) is 29.1 Å². The van der Waals surface area contributed by atoms with Crippen LogP contribution in [0.4, 0.5) is 27.5 Å². The van der Waals surface area contributed by atoms with E-state index in [2.05, 4.69) is 16.0 Å². The van der Waals surface area contributed by atoms with Crippen molar-refractivity contribution in [1.29, 1.82) is 0 Å². The first-order valence-electron chi connectivity index (χ1n) is 16.2. The lowest BCUT2D eigenvalue weighted by molar-refractivity contribution is -0.137. The van der Waals surface area contributed by atoms with Gasteiger partial charge in [0.15, 0.2) is 0 Å². The summed E-state index contributed by atoms with van der Waals surface area (Å²) >= 11 is 0. The Bertz CT molecular complexity index is 1600. The number of nitrogens with one attached hydrogen (secondary N) is 3. The zero-order valence-electron chi connectivity index (χ0n) is 27.2. The Hall–Kier alpha value is -5.19. The van der Waals surface area contributed by atoms with Crippen molar-refractivity contribution in [2.24, 2.45) is 0 Å². The van der Waals surface area contributed by atoms with Gasteiger partial charge in [-0.25, -0.2) is 4.79 Å². The van der Waals surface area contributed by atoms with Crippen molar-refractivity contribution in [1.82, 2.24) is 4.90 Å². The van der Waals surface area contributed by atoms with Gasteiger partial charge in [-0.3, -0.25) is 19.2 Å². The van der Waals surface area contributed by atoms with Crippen LogP contribution in [0, 0.1) is 6.92 Å². The summed E-state index contributed by atoms with van der Waals surface area (Å²) in [5.41, 5.74) is 4.09. The predicted octanol–water partition coefficient (Wildman–Crippen LogP) is 6.44. The molecule has 0 spiro atoms. The van der Waals surface area contributed by atoms with Gasteiger partial charge in [0.2, 0.25) is 11.8 Å². The molecule has 11 heteroatoms. The predicted molar refractivity (Wildman–Crippen MR) is 183 cm³/mol. The van der Waals surface area contributed by atoms with Gasteiger partial charge in [-0.1, -0.05) is 63.4 Å². The fraction of sp³-hybridized carbons (Fsp3) is 0.361. The second-order valence-electron chi connectivity index (χ2n) is 11.5. The first kappa shape index (κ1) is 34.7. The van der Waals surface area contributed by atoms with E-state index in [1.807, 2.05) is 45.0 Å². The summed E-state index contributed by atoms with van der Waals surface area (Å²) in [5, 5.41) is 17.6. The van der Waals surface area contributed by atoms with E-state index >= 15 is 0 Å². The Balaban J connectivity index is 0.00000245. The minimum Gasteiger partial charge on any atom is -0.481 e. The van der Waals surface area contributed by atoms with E-state index in [1.165, 1.54) is 4.90 Å². The van der Waals surface area contributed by atoms with E-state index in [0.29, 0.717) is 22.7 Å². The maximum Gasteiger partial charge on any atom is 0.323 e. The van der Waals surface area contributed by atoms with Gasteiger partial charge < -0.3 is 30.9 Å². The molecule has 0 atom stereocenters. The number of nitrogens with zero attached hydrogens (tertiary/aromatic N) is 2. The molecule has 11 nitrogen and oxygen atoms in total. The SMILES string of the molecule is CC.Cc1ccccc1NC(=O)Nc1ccc(CC(=O)Nc2ccc3c(c2)C(=O)N(CCC(=O)O)CC(=O)N3C2CCCCC2)cc1. The van der Waals surface area contributed by atoms with Crippen LogP contribution in [0.2, 0.25) is 0 Å². The number of rotatable bonds is 9. The molecule has 5 amide bonds. The second-order valence-corrected chi connectivity index (χ2v) is 11.5. The summed E-state index contributed by atoms with van der Waals surface area (Å²) in [6, 6.07) is 18.9. The number of carbonyl (C=O) groups excluding carboxylic acids is 4. The van der Waals surface area contributed by atoms with Crippen LogP contribution in [0.5, 0.6) is 0 Å². The van der Waals surface area contributed by atoms with Gasteiger partial charge in [-0.2, -0.15) is 0 Å². The number of para-hydroxylation sites is 1. The minimum absolute atomic E-state index is 0.0383. The van der Waals surface area contributed by atoms with Gasteiger partial charge in [0.25, 0.3) is 5.91 Å². The van der Waals surface area contributed by atoms with Crippen LogP contribution in [-0.4, -0.2) is 58.9 Å². The van der Waals surface area contributed by atoms with E-state index < -0.39 is 11.9 Å². The third kappa shape index (κ3) is 9.18. The molecule has 1 fully saturated rings. The molecule has 1 heterocycles. The summed E-state index contributed by atoms with van der Waals surface area (Å²) in [6.07, 6.45) is 4.52. The number of hydrogen-bond acceptors (Lipinski definition) is 5. The largest absolute Gasteiger partial charge is 0.481 e. The van der Waals surface area contributed by atoms with Crippen molar-refractivity contribution in [3.05, 3.63) is 83.4 Å². The van der Waals surface area contributed by atoms with Crippen molar-refractivity contribution in [3.63, 3.8) is 0 Å². The van der Waals surface area contributed by atoms with Crippen molar-refractivity contribution in [2.45, 2.75) is 71.8 Å². The van der Waals surface area contributed by atoms with Crippen molar-refractivity contribution >= 4 is 52.5 Å². The number of benzene rings is 3. The highest BCUT2D eigenvalue weighted by molar-refractivity contribution is 6.11. The zero-order chi connectivity index (χ0) is 33.9. The van der Waals surface area contributed by atoms with Gasteiger partial charge >= 0.3 is 12.0 Å². The molecule has 0 saturated heterocycles. The maximum atomic E-state index is 13.6. The van der Waals surface area contributed by atoms with Crippen molar-refractivity contribution < 1.29 is 29.1 Å². The second kappa shape index (κ2) is 16.4. The average Bonchev–Trinajstić information content (AvgIpc) is 3.16. The molecule has 0 unspecified atom stereocenters. The first-order chi connectivity index (χ1) is 22.7. The van der Waals surface area contributed by atoms with Crippen molar-refractivity contribution in [3.8, 4) is 0 Å². The molecule has 47 heavy (non-hydrogen) atoms.